The predicted molar refractivity (Wildman–Crippen MR) is 87.6 cm³/mol. The Labute approximate surface area is 131 Å². The van der Waals surface area contributed by atoms with Crippen molar-refractivity contribution in [3.63, 3.8) is 0 Å². The van der Waals surface area contributed by atoms with Gasteiger partial charge in [0.15, 0.2) is 0 Å². The Morgan fingerprint density at radius 1 is 0.909 bits per heavy atom. The van der Waals surface area contributed by atoms with Gasteiger partial charge in [-0.2, -0.15) is 5.11 Å². The molecule has 4 rings (SSSR count). The third-order valence-electron chi connectivity index (χ3n) is 4.80. The molecule has 1 heterocycles. The van der Waals surface area contributed by atoms with Gasteiger partial charge in [0.2, 0.25) is 0 Å². The van der Waals surface area contributed by atoms with E-state index in [-0.39, 0.29) is 12.1 Å². The zero-order valence-electron chi connectivity index (χ0n) is 13.1. The van der Waals surface area contributed by atoms with Gasteiger partial charge < -0.3 is 0 Å². The van der Waals surface area contributed by atoms with Crippen molar-refractivity contribution in [1.82, 2.24) is 5.01 Å². The van der Waals surface area contributed by atoms with E-state index in [2.05, 4.69) is 77.7 Å². The Balaban J connectivity index is 1.90. The van der Waals surface area contributed by atoms with Gasteiger partial charge in [-0.25, -0.2) is 0 Å². The minimum Gasteiger partial charge on any atom is -0.266 e. The number of hydrogen-bond acceptors (Lipinski definition) is 3. The summed E-state index contributed by atoms with van der Waals surface area (Å²) in [6.45, 7) is 4.38. The maximum atomic E-state index is 4.65. The maximum Gasteiger partial charge on any atom is 0.124 e. The standard InChI is InChI=1S/C19H21N3/c1-13(2)22-19-17-10-6-4-8-15(17)12-11-14-7-3-5-9-16(14)18(19)20-21-22/h3-10,13,18-19H,11-12H2,1-2H3. The van der Waals surface area contributed by atoms with Crippen molar-refractivity contribution in [3.05, 3.63) is 70.8 Å². The normalized spacial score (nSPS) is 22.8. The molecule has 1 aliphatic carbocycles. The Morgan fingerprint density at radius 2 is 1.50 bits per heavy atom. The van der Waals surface area contributed by atoms with Gasteiger partial charge in [-0.3, -0.25) is 5.01 Å². The number of fused-ring (bicyclic) bond motifs is 5. The smallest absolute Gasteiger partial charge is 0.124 e. The molecule has 0 saturated heterocycles. The molecule has 0 fully saturated rings. The zero-order chi connectivity index (χ0) is 15.1. The summed E-state index contributed by atoms with van der Waals surface area (Å²) < 4.78 is 0. The Hall–Kier alpha value is -2.16. The summed E-state index contributed by atoms with van der Waals surface area (Å²) in [6, 6.07) is 18.2. The fourth-order valence-electron chi connectivity index (χ4n) is 3.72. The molecule has 3 heteroatoms. The highest BCUT2D eigenvalue weighted by atomic mass is 15.6. The van der Waals surface area contributed by atoms with E-state index >= 15 is 0 Å². The molecule has 0 radical (unpaired) electrons. The van der Waals surface area contributed by atoms with Crippen LogP contribution in [0.2, 0.25) is 0 Å². The summed E-state index contributed by atoms with van der Waals surface area (Å²) >= 11 is 0. The van der Waals surface area contributed by atoms with Crippen molar-refractivity contribution in [3.8, 4) is 0 Å². The number of nitrogens with zero attached hydrogens (tertiary/aromatic N) is 3. The summed E-state index contributed by atoms with van der Waals surface area (Å²) in [5, 5.41) is 11.3. The summed E-state index contributed by atoms with van der Waals surface area (Å²) in [5.41, 5.74) is 5.58. The number of hydrogen-bond donors (Lipinski definition) is 0. The quantitative estimate of drug-likeness (QED) is 0.751. The van der Waals surface area contributed by atoms with Crippen LogP contribution in [0.25, 0.3) is 0 Å². The molecule has 2 aromatic carbocycles. The van der Waals surface area contributed by atoms with Crippen LogP contribution >= 0.6 is 0 Å². The molecule has 2 aliphatic rings. The molecule has 112 valence electrons. The highest BCUT2D eigenvalue weighted by Crippen LogP contribution is 2.46. The lowest BCUT2D eigenvalue weighted by Crippen LogP contribution is -2.31. The van der Waals surface area contributed by atoms with Crippen LogP contribution in [0.1, 0.15) is 48.2 Å². The van der Waals surface area contributed by atoms with Gasteiger partial charge in [-0.15, -0.1) is 0 Å². The second-order valence-electron chi connectivity index (χ2n) is 6.47. The minimum absolute atomic E-state index is 0.111. The SMILES string of the molecule is CC(C)N1N=NC2c3ccccc3CCc3ccccc3C21. The average Bonchev–Trinajstić information content (AvgIpc) is 2.96. The van der Waals surface area contributed by atoms with E-state index in [1.165, 1.54) is 22.3 Å². The van der Waals surface area contributed by atoms with E-state index in [4.69, 9.17) is 0 Å². The third kappa shape index (κ3) is 2.04. The van der Waals surface area contributed by atoms with E-state index in [9.17, 15) is 0 Å². The maximum absolute atomic E-state index is 4.65. The van der Waals surface area contributed by atoms with Crippen molar-refractivity contribution in [2.75, 3.05) is 0 Å². The topological polar surface area (TPSA) is 28.0 Å². The summed E-state index contributed by atoms with van der Waals surface area (Å²) in [6.07, 6.45) is 2.16. The molecule has 0 saturated carbocycles. The highest BCUT2D eigenvalue weighted by Gasteiger charge is 2.39. The Bertz CT molecular complexity index is 720. The molecule has 2 aromatic rings. The van der Waals surface area contributed by atoms with Gasteiger partial charge >= 0.3 is 0 Å². The first-order valence-electron chi connectivity index (χ1n) is 8.10. The Morgan fingerprint density at radius 3 is 2.18 bits per heavy atom. The van der Waals surface area contributed by atoms with Crippen molar-refractivity contribution >= 4 is 0 Å². The largest absolute Gasteiger partial charge is 0.266 e. The zero-order valence-corrected chi connectivity index (χ0v) is 13.1. The first kappa shape index (κ1) is 13.5. The van der Waals surface area contributed by atoms with Gasteiger partial charge in [0.05, 0.1) is 0 Å². The molecule has 22 heavy (non-hydrogen) atoms. The molecule has 2 unspecified atom stereocenters. The van der Waals surface area contributed by atoms with Gasteiger partial charge in [0.1, 0.15) is 12.1 Å². The molecule has 0 N–H and O–H groups in total. The molecular formula is C19H21N3. The van der Waals surface area contributed by atoms with E-state index in [1.807, 2.05) is 0 Å². The van der Waals surface area contributed by atoms with E-state index in [0.29, 0.717) is 6.04 Å². The number of benzene rings is 2. The molecule has 3 nitrogen and oxygen atoms in total. The van der Waals surface area contributed by atoms with Crippen LogP contribution in [0.3, 0.4) is 0 Å². The third-order valence-corrected chi connectivity index (χ3v) is 4.80. The second kappa shape index (κ2) is 5.24. The van der Waals surface area contributed by atoms with Crippen LogP contribution in [0.4, 0.5) is 0 Å². The molecule has 0 spiro atoms. The van der Waals surface area contributed by atoms with Crippen molar-refractivity contribution < 1.29 is 0 Å². The lowest BCUT2D eigenvalue weighted by atomic mass is 9.83. The van der Waals surface area contributed by atoms with Gasteiger partial charge in [-0.05, 0) is 48.9 Å². The van der Waals surface area contributed by atoms with Crippen molar-refractivity contribution in [1.29, 1.82) is 0 Å². The summed E-state index contributed by atoms with van der Waals surface area (Å²) in [5.74, 6) is 0. The minimum atomic E-state index is 0.111. The number of aryl methyl sites for hydroxylation is 2. The fourth-order valence-corrected chi connectivity index (χ4v) is 3.72. The van der Waals surface area contributed by atoms with Crippen LogP contribution in [0.5, 0.6) is 0 Å². The lowest BCUT2D eigenvalue weighted by Gasteiger charge is -2.32. The molecule has 1 aliphatic heterocycles. The number of rotatable bonds is 1. The molecule has 2 atom stereocenters. The first-order chi connectivity index (χ1) is 10.8. The van der Waals surface area contributed by atoms with Crippen LogP contribution < -0.4 is 0 Å². The van der Waals surface area contributed by atoms with Crippen LogP contribution in [-0.4, -0.2) is 11.1 Å². The fraction of sp³-hybridized carbons (Fsp3) is 0.368. The monoisotopic (exact) mass is 291 g/mol. The van der Waals surface area contributed by atoms with Crippen LogP contribution in [0, 0.1) is 0 Å². The highest BCUT2D eigenvalue weighted by molar-refractivity contribution is 5.41. The van der Waals surface area contributed by atoms with Crippen LogP contribution in [0.15, 0.2) is 58.9 Å². The Kier molecular flexibility index (Phi) is 3.21. The lowest BCUT2D eigenvalue weighted by molar-refractivity contribution is 0.173. The molecule has 0 amide bonds. The first-order valence-corrected chi connectivity index (χ1v) is 8.10. The van der Waals surface area contributed by atoms with Gasteiger partial charge in [0, 0.05) is 6.04 Å². The predicted octanol–water partition coefficient (Wildman–Crippen LogP) is 4.66. The van der Waals surface area contributed by atoms with Gasteiger partial charge in [0.25, 0.3) is 0 Å². The average molecular weight is 291 g/mol. The molecular weight excluding hydrogens is 270 g/mol. The summed E-state index contributed by atoms with van der Waals surface area (Å²) in [7, 11) is 0. The van der Waals surface area contributed by atoms with E-state index < -0.39 is 0 Å². The van der Waals surface area contributed by atoms with Crippen molar-refractivity contribution in [2.45, 2.75) is 44.8 Å². The van der Waals surface area contributed by atoms with E-state index in [1.54, 1.807) is 0 Å². The van der Waals surface area contributed by atoms with Gasteiger partial charge in [-0.1, -0.05) is 53.8 Å². The summed E-state index contributed by atoms with van der Waals surface area (Å²) in [4.78, 5) is 0. The van der Waals surface area contributed by atoms with Crippen molar-refractivity contribution in [2.24, 2.45) is 10.3 Å². The van der Waals surface area contributed by atoms with Crippen LogP contribution in [-0.2, 0) is 12.8 Å². The second-order valence-corrected chi connectivity index (χ2v) is 6.47. The van der Waals surface area contributed by atoms with E-state index in [0.717, 1.165) is 12.8 Å². The molecule has 0 bridgehead atoms. The molecule has 0 aromatic heterocycles.